The Bertz CT molecular complexity index is 804. The number of carbonyl (C=O) groups excluding carboxylic acids is 1. The molecule has 1 amide bonds. The number of hydrogen-bond acceptors (Lipinski definition) is 3. The Balaban J connectivity index is 1.94. The van der Waals surface area contributed by atoms with Gasteiger partial charge in [-0.1, -0.05) is 38.8 Å². The van der Waals surface area contributed by atoms with Gasteiger partial charge < -0.3 is 14.8 Å². The first-order valence-corrected chi connectivity index (χ1v) is 10.4. The Morgan fingerprint density at radius 1 is 1.11 bits per heavy atom. The summed E-state index contributed by atoms with van der Waals surface area (Å²) in [5, 5.41) is 2.90. The minimum absolute atomic E-state index is 0.188. The number of hydrogen-bond donors (Lipinski definition) is 1. The summed E-state index contributed by atoms with van der Waals surface area (Å²) in [7, 11) is 0. The molecule has 0 radical (unpaired) electrons. The fourth-order valence-corrected chi connectivity index (χ4v) is 3.04. The molecule has 2 aromatic carbocycles. The Morgan fingerprint density at radius 3 is 2.64 bits per heavy atom. The van der Waals surface area contributed by atoms with Gasteiger partial charge in [-0.05, 0) is 65.2 Å². The number of unbranched alkanes of at least 4 members (excludes halogenated alkanes) is 3. The van der Waals surface area contributed by atoms with Gasteiger partial charge >= 0.3 is 0 Å². The fourth-order valence-electron chi connectivity index (χ4n) is 2.54. The second kappa shape index (κ2) is 11.5. The van der Waals surface area contributed by atoms with Gasteiger partial charge in [0.15, 0.2) is 0 Å². The molecule has 0 spiro atoms. The summed E-state index contributed by atoms with van der Waals surface area (Å²) in [6.45, 7) is 9.04. The lowest BCUT2D eigenvalue weighted by atomic mass is 10.2. The predicted octanol–water partition coefficient (Wildman–Crippen LogP) is 6.62. The molecule has 0 fully saturated rings. The summed E-state index contributed by atoms with van der Waals surface area (Å²) in [6.07, 6.45) is 4.63. The second-order valence-corrected chi connectivity index (χ2v) is 7.64. The van der Waals surface area contributed by atoms with Gasteiger partial charge in [0.25, 0.3) is 5.91 Å². The average molecular weight is 446 g/mol. The molecule has 2 aromatic rings. The van der Waals surface area contributed by atoms with E-state index in [2.05, 4.69) is 34.7 Å². The van der Waals surface area contributed by atoms with Crippen LogP contribution in [0, 0.1) is 0 Å². The Hall–Kier alpha value is -2.27. The molecular weight excluding hydrogens is 418 g/mol. The number of nitrogens with one attached hydrogen (secondary N) is 1. The van der Waals surface area contributed by atoms with Crippen molar-refractivity contribution in [3.63, 3.8) is 0 Å². The molecule has 2 rings (SSSR count). The summed E-state index contributed by atoms with van der Waals surface area (Å²) in [6, 6.07) is 12.7. The smallest absolute Gasteiger partial charge is 0.255 e. The molecular formula is C23H28BrNO3. The van der Waals surface area contributed by atoms with Crippen LogP contribution in [0.5, 0.6) is 11.5 Å². The standard InChI is InChI=1S/C23H28BrNO3/c1-4-5-6-7-13-27-22-12-11-18(14-21(22)24)23(26)25-19-9-8-10-20(15-19)28-16-17(2)3/h8-12,14-15H,2,4-7,13,16H2,1,3H3,(H,25,26). The van der Waals surface area contributed by atoms with Crippen molar-refractivity contribution in [2.75, 3.05) is 18.5 Å². The molecule has 0 bridgehead atoms. The van der Waals surface area contributed by atoms with Gasteiger partial charge in [0.05, 0.1) is 11.1 Å². The van der Waals surface area contributed by atoms with E-state index in [1.54, 1.807) is 18.2 Å². The number of amides is 1. The molecule has 0 aliphatic rings. The van der Waals surface area contributed by atoms with E-state index >= 15 is 0 Å². The van der Waals surface area contributed by atoms with Crippen molar-refractivity contribution in [2.45, 2.75) is 39.5 Å². The Morgan fingerprint density at radius 2 is 1.93 bits per heavy atom. The lowest BCUT2D eigenvalue weighted by molar-refractivity contribution is 0.102. The highest BCUT2D eigenvalue weighted by atomic mass is 79.9. The quantitative estimate of drug-likeness (QED) is 0.312. The summed E-state index contributed by atoms with van der Waals surface area (Å²) >= 11 is 3.50. The maximum Gasteiger partial charge on any atom is 0.255 e. The van der Waals surface area contributed by atoms with Crippen molar-refractivity contribution in [2.24, 2.45) is 0 Å². The first-order chi connectivity index (χ1) is 13.5. The zero-order chi connectivity index (χ0) is 20.4. The first kappa shape index (κ1) is 22.0. The molecule has 0 aliphatic carbocycles. The van der Waals surface area contributed by atoms with Gasteiger partial charge in [-0.15, -0.1) is 0 Å². The van der Waals surface area contributed by atoms with Crippen molar-refractivity contribution in [3.05, 3.63) is 64.7 Å². The second-order valence-electron chi connectivity index (χ2n) is 6.78. The number of benzene rings is 2. The van der Waals surface area contributed by atoms with Crippen LogP contribution in [0.25, 0.3) is 0 Å². The van der Waals surface area contributed by atoms with Crippen LogP contribution in [0.1, 0.15) is 49.9 Å². The zero-order valence-corrected chi connectivity index (χ0v) is 18.2. The van der Waals surface area contributed by atoms with Gasteiger partial charge in [-0.25, -0.2) is 0 Å². The lowest BCUT2D eigenvalue weighted by Gasteiger charge is -2.11. The number of ether oxygens (including phenoxy) is 2. The van der Waals surface area contributed by atoms with Crippen LogP contribution in [0.2, 0.25) is 0 Å². The first-order valence-electron chi connectivity index (χ1n) is 9.60. The maximum atomic E-state index is 12.6. The minimum Gasteiger partial charge on any atom is -0.492 e. The molecule has 0 aliphatic heterocycles. The summed E-state index contributed by atoms with van der Waals surface area (Å²) in [4.78, 5) is 12.6. The van der Waals surface area contributed by atoms with Gasteiger partial charge in [-0.3, -0.25) is 4.79 Å². The lowest BCUT2D eigenvalue weighted by Crippen LogP contribution is -2.12. The highest BCUT2D eigenvalue weighted by Crippen LogP contribution is 2.27. The van der Waals surface area contributed by atoms with Crippen molar-refractivity contribution in [1.82, 2.24) is 0 Å². The van der Waals surface area contributed by atoms with Crippen molar-refractivity contribution >= 4 is 27.5 Å². The van der Waals surface area contributed by atoms with E-state index in [-0.39, 0.29) is 5.91 Å². The Kier molecular flexibility index (Phi) is 9.08. The van der Waals surface area contributed by atoms with E-state index in [1.807, 2.05) is 31.2 Å². The predicted molar refractivity (Wildman–Crippen MR) is 118 cm³/mol. The van der Waals surface area contributed by atoms with Crippen molar-refractivity contribution < 1.29 is 14.3 Å². The van der Waals surface area contributed by atoms with Gasteiger partial charge in [0.1, 0.15) is 18.1 Å². The third kappa shape index (κ3) is 7.39. The average Bonchev–Trinajstić information content (AvgIpc) is 2.67. The molecule has 4 nitrogen and oxygen atoms in total. The molecule has 0 heterocycles. The normalized spacial score (nSPS) is 10.4. The molecule has 5 heteroatoms. The van der Waals surface area contributed by atoms with Crippen molar-refractivity contribution in [3.8, 4) is 11.5 Å². The van der Waals surface area contributed by atoms with Crippen molar-refractivity contribution in [1.29, 1.82) is 0 Å². The topological polar surface area (TPSA) is 47.6 Å². The molecule has 150 valence electrons. The number of rotatable bonds is 11. The number of carbonyl (C=O) groups is 1. The molecule has 1 N–H and O–H groups in total. The SMILES string of the molecule is C=C(C)COc1cccc(NC(=O)c2ccc(OCCCCCC)c(Br)c2)c1. The fraction of sp³-hybridized carbons (Fsp3) is 0.348. The summed E-state index contributed by atoms with van der Waals surface area (Å²) < 4.78 is 12.2. The maximum absolute atomic E-state index is 12.6. The van der Waals surface area contributed by atoms with E-state index in [1.165, 1.54) is 19.3 Å². The van der Waals surface area contributed by atoms with Gasteiger partial charge in [0.2, 0.25) is 0 Å². The monoisotopic (exact) mass is 445 g/mol. The highest BCUT2D eigenvalue weighted by Gasteiger charge is 2.10. The third-order valence-corrected chi connectivity index (χ3v) is 4.65. The minimum atomic E-state index is -0.188. The largest absolute Gasteiger partial charge is 0.492 e. The van der Waals surface area contributed by atoms with E-state index in [4.69, 9.17) is 9.47 Å². The van der Waals surface area contributed by atoms with E-state index in [9.17, 15) is 4.79 Å². The highest BCUT2D eigenvalue weighted by molar-refractivity contribution is 9.10. The van der Waals surface area contributed by atoms with E-state index in [0.29, 0.717) is 30.2 Å². The van der Waals surface area contributed by atoms with Crippen LogP contribution < -0.4 is 14.8 Å². The molecule has 28 heavy (non-hydrogen) atoms. The van der Waals surface area contributed by atoms with Gasteiger partial charge in [0, 0.05) is 17.3 Å². The van der Waals surface area contributed by atoms with Crippen LogP contribution >= 0.6 is 15.9 Å². The Labute approximate surface area is 176 Å². The van der Waals surface area contributed by atoms with E-state index < -0.39 is 0 Å². The summed E-state index contributed by atoms with van der Waals surface area (Å²) in [5.74, 6) is 1.25. The molecule has 0 saturated carbocycles. The van der Waals surface area contributed by atoms with Crippen LogP contribution in [0.4, 0.5) is 5.69 Å². The van der Waals surface area contributed by atoms with Gasteiger partial charge in [-0.2, -0.15) is 0 Å². The number of halogens is 1. The van der Waals surface area contributed by atoms with Crippen LogP contribution in [0.15, 0.2) is 59.1 Å². The summed E-state index contributed by atoms with van der Waals surface area (Å²) in [5.41, 5.74) is 2.17. The third-order valence-electron chi connectivity index (χ3n) is 4.03. The van der Waals surface area contributed by atoms with Crippen LogP contribution in [0.3, 0.4) is 0 Å². The molecule has 0 saturated heterocycles. The zero-order valence-electron chi connectivity index (χ0n) is 16.6. The van der Waals surface area contributed by atoms with Crippen LogP contribution in [-0.4, -0.2) is 19.1 Å². The van der Waals surface area contributed by atoms with Crippen LogP contribution in [-0.2, 0) is 0 Å². The molecule has 0 aromatic heterocycles. The molecule has 0 unspecified atom stereocenters. The molecule has 0 atom stereocenters. The number of anilines is 1. The van der Waals surface area contributed by atoms with E-state index in [0.717, 1.165) is 22.2 Å².